The predicted molar refractivity (Wildman–Crippen MR) is 82.9 cm³/mol. The highest BCUT2D eigenvalue weighted by Gasteiger charge is 2.20. The van der Waals surface area contributed by atoms with Crippen LogP contribution in [0.15, 0.2) is 6.07 Å². The van der Waals surface area contributed by atoms with Crippen molar-refractivity contribution in [2.24, 2.45) is 0 Å². The summed E-state index contributed by atoms with van der Waals surface area (Å²) in [4.78, 5) is 14.1. The zero-order chi connectivity index (χ0) is 14.5. The van der Waals surface area contributed by atoms with Crippen molar-refractivity contribution in [2.45, 2.75) is 39.8 Å². The molecular formula is C15H27N5. The molecule has 0 bridgehead atoms. The maximum atomic E-state index is 4.54. The first-order valence-corrected chi connectivity index (χ1v) is 7.61. The van der Waals surface area contributed by atoms with Crippen LogP contribution < -0.4 is 5.32 Å². The van der Waals surface area contributed by atoms with Crippen molar-refractivity contribution >= 4 is 5.82 Å². The molecule has 1 aliphatic heterocycles. The van der Waals surface area contributed by atoms with Gasteiger partial charge in [0.1, 0.15) is 11.6 Å². The van der Waals surface area contributed by atoms with Crippen LogP contribution in [0.1, 0.15) is 31.8 Å². The molecule has 1 aromatic rings. The summed E-state index contributed by atoms with van der Waals surface area (Å²) >= 11 is 0. The molecule has 5 heteroatoms. The Hall–Kier alpha value is -1.20. The van der Waals surface area contributed by atoms with Crippen molar-refractivity contribution in [3.8, 4) is 0 Å². The molecule has 1 N–H and O–H groups in total. The molecule has 112 valence electrons. The summed E-state index contributed by atoms with van der Waals surface area (Å²) in [6, 6.07) is 2.67. The Morgan fingerprint density at radius 3 is 2.55 bits per heavy atom. The number of hydrogen-bond acceptors (Lipinski definition) is 5. The molecule has 0 radical (unpaired) electrons. The van der Waals surface area contributed by atoms with Gasteiger partial charge in [-0.15, -0.1) is 0 Å². The molecule has 0 saturated carbocycles. The number of piperazine rings is 1. The fourth-order valence-corrected chi connectivity index (χ4v) is 2.65. The Labute approximate surface area is 122 Å². The van der Waals surface area contributed by atoms with E-state index in [1.54, 1.807) is 0 Å². The number of nitrogens with one attached hydrogen (secondary N) is 1. The van der Waals surface area contributed by atoms with Crippen molar-refractivity contribution in [2.75, 3.05) is 38.5 Å². The van der Waals surface area contributed by atoms with Crippen LogP contribution in [0.5, 0.6) is 0 Å². The van der Waals surface area contributed by atoms with E-state index >= 15 is 0 Å². The zero-order valence-electron chi connectivity index (χ0n) is 13.2. The van der Waals surface area contributed by atoms with E-state index in [4.69, 9.17) is 0 Å². The molecule has 5 nitrogen and oxygen atoms in total. The van der Waals surface area contributed by atoms with Crippen molar-refractivity contribution < 1.29 is 0 Å². The van der Waals surface area contributed by atoms with Crippen LogP contribution >= 0.6 is 0 Å². The molecule has 0 amide bonds. The van der Waals surface area contributed by atoms with Gasteiger partial charge >= 0.3 is 0 Å². The first-order chi connectivity index (χ1) is 9.62. The summed E-state index contributed by atoms with van der Waals surface area (Å²) in [5, 5.41) is 3.10. The SMILES string of the molecule is CCC(C)N1CCN(Cc2nc(C)cc(NC)n2)CC1. The first-order valence-electron chi connectivity index (χ1n) is 7.61. The third-order valence-corrected chi connectivity index (χ3v) is 4.14. The van der Waals surface area contributed by atoms with E-state index in [9.17, 15) is 0 Å². The molecule has 1 fully saturated rings. The van der Waals surface area contributed by atoms with Gasteiger partial charge in [0, 0.05) is 51.0 Å². The van der Waals surface area contributed by atoms with Crippen LogP contribution in [-0.4, -0.2) is 59.0 Å². The summed E-state index contributed by atoms with van der Waals surface area (Å²) < 4.78 is 0. The number of aryl methyl sites for hydroxylation is 1. The second kappa shape index (κ2) is 6.99. The van der Waals surface area contributed by atoms with Gasteiger partial charge in [-0.3, -0.25) is 9.80 Å². The lowest BCUT2D eigenvalue weighted by Gasteiger charge is -2.37. The molecule has 1 saturated heterocycles. The average molecular weight is 277 g/mol. The van der Waals surface area contributed by atoms with Crippen LogP contribution in [0, 0.1) is 6.92 Å². The van der Waals surface area contributed by atoms with E-state index < -0.39 is 0 Å². The van der Waals surface area contributed by atoms with Crippen LogP contribution in [0.2, 0.25) is 0 Å². The lowest BCUT2D eigenvalue weighted by molar-refractivity contribution is 0.0947. The Kier molecular flexibility index (Phi) is 5.31. The Bertz CT molecular complexity index is 426. The van der Waals surface area contributed by atoms with Crippen LogP contribution in [0.3, 0.4) is 0 Å². The maximum Gasteiger partial charge on any atom is 0.144 e. The minimum atomic E-state index is 0.697. The fourth-order valence-electron chi connectivity index (χ4n) is 2.65. The number of aromatic nitrogens is 2. The lowest BCUT2D eigenvalue weighted by Crippen LogP contribution is -2.49. The Balaban J connectivity index is 1.91. The number of anilines is 1. The van der Waals surface area contributed by atoms with Gasteiger partial charge in [0.05, 0.1) is 6.54 Å². The van der Waals surface area contributed by atoms with Crippen molar-refractivity contribution in [3.05, 3.63) is 17.6 Å². The topological polar surface area (TPSA) is 44.3 Å². The highest BCUT2D eigenvalue weighted by Crippen LogP contribution is 2.12. The zero-order valence-corrected chi connectivity index (χ0v) is 13.2. The second-order valence-corrected chi connectivity index (χ2v) is 5.63. The van der Waals surface area contributed by atoms with E-state index in [-0.39, 0.29) is 0 Å². The molecule has 20 heavy (non-hydrogen) atoms. The first kappa shape index (κ1) is 15.2. The molecule has 2 rings (SSSR count). The molecule has 1 atom stereocenters. The number of nitrogens with zero attached hydrogens (tertiary/aromatic N) is 4. The Morgan fingerprint density at radius 2 is 1.95 bits per heavy atom. The second-order valence-electron chi connectivity index (χ2n) is 5.63. The van der Waals surface area contributed by atoms with Gasteiger partial charge in [0.15, 0.2) is 0 Å². The monoisotopic (exact) mass is 277 g/mol. The highest BCUT2D eigenvalue weighted by atomic mass is 15.3. The maximum absolute atomic E-state index is 4.54. The van der Waals surface area contributed by atoms with E-state index in [2.05, 4.69) is 38.9 Å². The van der Waals surface area contributed by atoms with E-state index in [1.807, 2.05) is 20.0 Å². The van der Waals surface area contributed by atoms with Crippen molar-refractivity contribution in [1.29, 1.82) is 0 Å². The van der Waals surface area contributed by atoms with Gasteiger partial charge in [-0.2, -0.15) is 0 Å². The molecule has 0 aliphatic carbocycles. The molecule has 1 aliphatic rings. The van der Waals surface area contributed by atoms with E-state index in [0.29, 0.717) is 6.04 Å². The highest BCUT2D eigenvalue weighted by molar-refractivity contribution is 5.34. The summed E-state index contributed by atoms with van der Waals surface area (Å²) in [6.07, 6.45) is 1.23. The van der Waals surface area contributed by atoms with Crippen molar-refractivity contribution in [3.63, 3.8) is 0 Å². The standard InChI is InChI=1S/C15H27N5/c1-5-13(3)20-8-6-19(7-9-20)11-15-17-12(2)10-14(16-4)18-15/h10,13H,5-9,11H2,1-4H3,(H,16,17,18). The summed E-state index contributed by atoms with van der Waals surface area (Å²) in [5.74, 6) is 1.83. The summed E-state index contributed by atoms with van der Waals surface area (Å²) in [5.41, 5.74) is 1.03. The quantitative estimate of drug-likeness (QED) is 0.888. The van der Waals surface area contributed by atoms with Crippen molar-refractivity contribution in [1.82, 2.24) is 19.8 Å². The van der Waals surface area contributed by atoms with Gasteiger partial charge in [0.25, 0.3) is 0 Å². The summed E-state index contributed by atoms with van der Waals surface area (Å²) in [6.45, 7) is 12.0. The van der Waals surface area contributed by atoms with Gasteiger partial charge in [-0.1, -0.05) is 6.92 Å². The fraction of sp³-hybridized carbons (Fsp3) is 0.733. The smallest absolute Gasteiger partial charge is 0.144 e. The van der Waals surface area contributed by atoms with Gasteiger partial charge in [-0.25, -0.2) is 9.97 Å². The van der Waals surface area contributed by atoms with Gasteiger partial charge < -0.3 is 5.32 Å². The minimum absolute atomic E-state index is 0.697. The van der Waals surface area contributed by atoms with E-state index in [1.165, 1.54) is 6.42 Å². The Morgan fingerprint density at radius 1 is 1.25 bits per heavy atom. The van der Waals surface area contributed by atoms with Crippen LogP contribution in [-0.2, 0) is 6.54 Å². The molecular weight excluding hydrogens is 250 g/mol. The molecule has 1 aromatic heterocycles. The largest absolute Gasteiger partial charge is 0.373 e. The molecule has 0 spiro atoms. The lowest BCUT2D eigenvalue weighted by atomic mass is 10.2. The molecule has 2 heterocycles. The summed E-state index contributed by atoms with van der Waals surface area (Å²) in [7, 11) is 1.90. The third kappa shape index (κ3) is 3.90. The van der Waals surface area contributed by atoms with Gasteiger partial charge in [-0.05, 0) is 20.3 Å². The van der Waals surface area contributed by atoms with E-state index in [0.717, 1.165) is 50.1 Å². The van der Waals surface area contributed by atoms with Crippen LogP contribution in [0.4, 0.5) is 5.82 Å². The minimum Gasteiger partial charge on any atom is -0.373 e. The van der Waals surface area contributed by atoms with Crippen LogP contribution in [0.25, 0.3) is 0 Å². The number of rotatable bonds is 5. The normalized spacial score (nSPS) is 19.0. The third-order valence-electron chi connectivity index (χ3n) is 4.14. The predicted octanol–water partition coefficient (Wildman–Crippen LogP) is 1.74. The molecule has 0 aromatic carbocycles. The van der Waals surface area contributed by atoms with Gasteiger partial charge in [0.2, 0.25) is 0 Å². The number of hydrogen-bond donors (Lipinski definition) is 1. The average Bonchev–Trinajstić information content (AvgIpc) is 2.46. The molecule has 1 unspecified atom stereocenters.